The summed E-state index contributed by atoms with van der Waals surface area (Å²) in [6, 6.07) is -0.151. The van der Waals surface area contributed by atoms with Gasteiger partial charge in [0.15, 0.2) is 8.32 Å². The van der Waals surface area contributed by atoms with Crippen molar-refractivity contribution in [3.05, 3.63) is 12.2 Å². The number of likely N-dealkylation sites (tertiary alicyclic amines) is 1. The zero-order valence-electron chi connectivity index (χ0n) is 16.7. The van der Waals surface area contributed by atoms with Crippen LogP contribution >= 0.6 is 0 Å². The normalized spacial score (nSPS) is 22.3. The number of hydrogen-bond donors (Lipinski definition) is 1. The smallest absolute Gasteiger partial charge is 0.264 e. The number of hydrogen-bond acceptors (Lipinski definition) is 6. The van der Waals surface area contributed by atoms with Crippen LogP contribution in [-0.2, 0) is 23.5 Å². The topological polar surface area (TPSA) is 93.1 Å². The number of aliphatic hydroxyl groups is 1. The van der Waals surface area contributed by atoms with Crippen molar-refractivity contribution in [1.29, 1.82) is 0 Å². The van der Waals surface area contributed by atoms with Crippen molar-refractivity contribution in [2.75, 3.05) is 26.0 Å². The molecule has 0 aromatic heterocycles. The molecule has 0 aliphatic carbocycles. The number of amides is 1. The van der Waals surface area contributed by atoms with E-state index in [-0.39, 0.29) is 36.3 Å². The van der Waals surface area contributed by atoms with Gasteiger partial charge in [-0.1, -0.05) is 26.8 Å². The Hall–Kier alpha value is -0.743. The quantitative estimate of drug-likeness (QED) is 0.375. The van der Waals surface area contributed by atoms with Gasteiger partial charge in [0.2, 0.25) is 5.91 Å². The van der Waals surface area contributed by atoms with Gasteiger partial charge in [-0.15, -0.1) is 0 Å². The molecule has 1 aliphatic rings. The lowest BCUT2D eigenvalue weighted by Gasteiger charge is -2.38. The lowest BCUT2D eigenvalue weighted by Crippen LogP contribution is -2.44. The SMILES string of the molecule is CC(C)(C)[Si](C)(C)O[C@@H]1C[C@@H](CCOS(C)(=O)=O)N(C(=O)C=CCO)C1. The highest BCUT2D eigenvalue weighted by Crippen LogP contribution is 2.39. The van der Waals surface area contributed by atoms with Gasteiger partial charge in [-0.05, 0) is 31.0 Å². The molecule has 0 aromatic rings. The molecule has 1 N–H and O–H groups in total. The fourth-order valence-corrected chi connectivity index (χ4v) is 4.44. The summed E-state index contributed by atoms with van der Waals surface area (Å²) in [5.41, 5.74) is 0. The van der Waals surface area contributed by atoms with Gasteiger partial charge in [0.25, 0.3) is 10.1 Å². The van der Waals surface area contributed by atoms with Crippen molar-refractivity contribution in [2.24, 2.45) is 0 Å². The van der Waals surface area contributed by atoms with E-state index in [9.17, 15) is 13.2 Å². The molecule has 9 heteroatoms. The van der Waals surface area contributed by atoms with Crippen LogP contribution in [0.5, 0.6) is 0 Å². The first-order valence-corrected chi connectivity index (χ1v) is 13.6. The first-order chi connectivity index (χ1) is 11.8. The molecule has 1 amide bonds. The van der Waals surface area contributed by atoms with E-state index < -0.39 is 18.4 Å². The molecule has 1 heterocycles. The minimum absolute atomic E-state index is 0.0316. The molecule has 26 heavy (non-hydrogen) atoms. The molecule has 0 unspecified atom stereocenters. The Labute approximate surface area is 158 Å². The van der Waals surface area contributed by atoms with Crippen molar-refractivity contribution in [3.8, 4) is 0 Å². The van der Waals surface area contributed by atoms with E-state index in [0.29, 0.717) is 19.4 Å². The van der Waals surface area contributed by atoms with Crippen LogP contribution in [0.2, 0.25) is 18.1 Å². The molecule has 0 radical (unpaired) electrons. The van der Waals surface area contributed by atoms with Gasteiger partial charge in [0, 0.05) is 18.7 Å². The third kappa shape index (κ3) is 7.11. The summed E-state index contributed by atoms with van der Waals surface area (Å²) in [5.74, 6) is -0.204. The highest BCUT2D eigenvalue weighted by Gasteiger charge is 2.43. The predicted octanol–water partition coefficient (Wildman–Crippen LogP) is 1.89. The van der Waals surface area contributed by atoms with E-state index in [2.05, 4.69) is 33.9 Å². The summed E-state index contributed by atoms with van der Waals surface area (Å²) in [7, 11) is -5.48. The van der Waals surface area contributed by atoms with E-state index in [1.165, 1.54) is 12.2 Å². The number of nitrogens with zero attached hydrogens (tertiary/aromatic N) is 1. The van der Waals surface area contributed by atoms with E-state index in [0.717, 1.165) is 6.26 Å². The van der Waals surface area contributed by atoms with Gasteiger partial charge in [0.05, 0.1) is 25.6 Å². The molecule has 0 spiro atoms. The minimum Gasteiger partial charge on any atom is -0.412 e. The maximum absolute atomic E-state index is 12.4. The first kappa shape index (κ1) is 23.3. The number of rotatable bonds is 8. The second-order valence-electron chi connectivity index (χ2n) is 8.28. The van der Waals surface area contributed by atoms with E-state index >= 15 is 0 Å². The fourth-order valence-electron chi connectivity index (χ4n) is 2.68. The van der Waals surface area contributed by atoms with Crippen LogP contribution in [0.4, 0.5) is 0 Å². The third-order valence-corrected chi connectivity index (χ3v) is 10.2. The lowest BCUT2D eigenvalue weighted by atomic mass is 10.1. The van der Waals surface area contributed by atoms with Gasteiger partial charge in [-0.3, -0.25) is 8.98 Å². The van der Waals surface area contributed by atoms with Crippen LogP contribution < -0.4 is 0 Å². The second-order valence-corrected chi connectivity index (χ2v) is 14.7. The monoisotopic (exact) mass is 407 g/mol. The standard InChI is InChI=1S/C17H33NO6SSi/c1-17(2,3)26(5,6)24-15-12-14(9-11-23-25(4,21)22)18(13-15)16(20)8-7-10-19/h7-8,14-15,19H,9-13H2,1-6H3/t14-,15-/m1/s1. The predicted molar refractivity (Wildman–Crippen MR) is 104 cm³/mol. The fraction of sp³-hybridized carbons (Fsp3) is 0.824. The number of carbonyl (C=O) groups is 1. The van der Waals surface area contributed by atoms with Crippen LogP contribution in [0.25, 0.3) is 0 Å². The van der Waals surface area contributed by atoms with Crippen LogP contribution in [0.15, 0.2) is 12.2 Å². The first-order valence-electron chi connectivity index (χ1n) is 8.87. The number of carbonyl (C=O) groups excluding carboxylic acids is 1. The van der Waals surface area contributed by atoms with E-state index in [4.69, 9.17) is 13.7 Å². The van der Waals surface area contributed by atoms with Crippen molar-refractivity contribution in [1.82, 2.24) is 4.90 Å². The van der Waals surface area contributed by atoms with Gasteiger partial charge in [0.1, 0.15) is 0 Å². The molecule has 1 rings (SSSR count). The largest absolute Gasteiger partial charge is 0.412 e. The molecule has 0 saturated carbocycles. The van der Waals surface area contributed by atoms with E-state index in [1.54, 1.807) is 4.90 Å². The number of aliphatic hydroxyl groups excluding tert-OH is 1. The molecule has 1 aliphatic heterocycles. The highest BCUT2D eigenvalue weighted by molar-refractivity contribution is 7.85. The highest BCUT2D eigenvalue weighted by atomic mass is 32.2. The van der Waals surface area contributed by atoms with Crippen molar-refractivity contribution < 1.29 is 26.9 Å². The molecule has 2 atom stereocenters. The zero-order valence-corrected chi connectivity index (χ0v) is 18.5. The molecular weight excluding hydrogens is 374 g/mol. The summed E-state index contributed by atoms with van der Waals surface area (Å²) in [6.07, 6.45) is 4.75. The minimum atomic E-state index is -3.50. The van der Waals surface area contributed by atoms with Crippen molar-refractivity contribution in [3.63, 3.8) is 0 Å². The zero-order chi connectivity index (χ0) is 20.2. The summed E-state index contributed by atoms with van der Waals surface area (Å²) in [6.45, 7) is 11.1. The van der Waals surface area contributed by atoms with Crippen LogP contribution in [-0.4, -0.2) is 70.8 Å². The average molecular weight is 408 g/mol. The molecule has 0 aromatic carbocycles. The third-order valence-electron chi connectivity index (χ3n) is 5.04. The van der Waals surface area contributed by atoms with Crippen LogP contribution in [0.3, 0.4) is 0 Å². The Kier molecular flexibility index (Phi) is 8.03. The Morgan fingerprint density at radius 3 is 2.46 bits per heavy atom. The summed E-state index contributed by atoms with van der Waals surface area (Å²) >= 11 is 0. The molecule has 1 saturated heterocycles. The van der Waals surface area contributed by atoms with Gasteiger partial charge < -0.3 is 14.4 Å². The van der Waals surface area contributed by atoms with E-state index in [1.807, 2.05) is 0 Å². The summed E-state index contributed by atoms with van der Waals surface area (Å²) in [4.78, 5) is 14.1. The Morgan fingerprint density at radius 1 is 1.35 bits per heavy atom. The second kappa shape index (κ2) is 8.96. The Bertz CT molecular complexity index is 611. The Balaban J connectivity index is 2.83. The molecule has 1 fully saturated rings. The van der Waals surface area contributed by atoms with Crippen molar-refractivity contribution >= 4 is 24.3 Å². The Morgan fingerprint density at radius 2 is 1.96 bits per heavy atom. The average Bonchev–Trinajstić information content (AvgIpc) is 2.84. The maximum Gasteiger partial charge on any atom is 0.264 e. The molecular formula is C17H33NO6SSi. The van der Waals surface area contributed by atoms with Crippen LogP contribution in [0, 0.1) is 0 Å². The molecule has 7 nitrogen and oxygen atoms in total. The maximum atomic E-state index is 12.4. The lowest BCUT2D eigenvalue weighted by molar-refractivity contribution is -0.127. The summed E-state index contributed by atoms with van der Waals surface area (Å²) < 4.78 is 33.6. The molecule has 152 valence electrons. The van der Waals surface area contributed by atoms with Gasteiger partial charge >= 0.3 is 0 Å². The van der Waals surface area contributed by atoms with Crippen molar-refractivity contribution in [2.45, 2.75) is 63.9 Å². The van der Waals surface area contributed by atoms with Gasteiger partial charge in [-0.25, -0.2) is 0 Å². The summed E-state index contributed by atoms with van der Waals surface area (Å²) in [5, 5.41) is 8.95. The van der Waals surface area contributed by atoms with Gasteiger partial charge in [-0.2, -0.15) is 8.42 Å². The molecule has 0 bridgehead atoms. The van der Waals surface area contributed by atoms with Crippen LogP contribution in [0.1, 0.15) is 33.6 Å².